The molecule has 18 heavy (non-hydrogen) atoms. The molecule has 0 saturated heterocycles. The van der Waals surface area contributed by atoms with Crippen LogP contribution in [0.5, 0.6) is 0 Å². The van der Waals surface area contributed by atoms with Crippen molar-refractivity contribution in [3.8, 4) is 0 Å². The fraction of sp³-hybridized carbons (Fsp3) is 0.786. The summed E-state index contributed by atoms with van der Waals surface area (Å²) in [6.07, 6.45) is 11.0. The van der Waals surface area contributed by atoms with Crippen molar-refractivity contribution < 1.29 is 0 Å². The summed E-state index contributed by atoms with van der Waals surface area (Å²) >= 11 is 3.59. The molecule has 1 fully saturated rings. The highest BCUT2D eigenvalue weighted by Crippen LogP contribution is 2.22. The van der Waals surface area contributed by atoms with Crippen molar-refractivity contribution in [3.05, 3.63) is 18.2 Å². The minimum absolute atomic E-state index is 0.806. The van der Waals surface area contributed by atoms with E-state index >= 15 is 0 Å². The van der Waals surface area contributed by atoms with Gasteiger partial charge in [-0.15, -0.1) is 0 Å². The number of alkyl halides is 1. The third kappa shape index (κ3) is 3.82. The molecule has 4 heteroatoms. The van der Waals surface area contributed by atoms with Gasteiger partial charge in [0.25, 0.3) is 0 Å². The van der Waals surface area contributed by atoms with Crippen molar-refractivity contribution in [2.75, 3.05) is 18.4 Å². The van der Waals surface area contributed by atoms with E-state index in [1.807, 2.05) is 6.20 Å². The van der Waals surface area contributed by atoms with Gasteiger partial charge in [0.15, 0.2) is 0 Å². The molecule has 1 heterocycles. The Kier molecular flexibility index (Phi) is 5.70. The van der Waals surface area contributed by atoms with Crippen molar-refractivity contribution in [1.29, 1.82) is 0 Å². The van der Waals surface area contributed by atoms with Crippen LogP contribution in [0.4, 0.5) is 0 Å². The van der Waals surface area contributed by atoms with Crippen molar-refractivity contribution in [3.63, 3.8) is 0 Å². The summed E-state index contributed by atoms with van der Waals surface area (Å²) in [7, 11) is 0. The highest BCUT2D eigenvalue weighted by molar-refractivity contribution is 9.09. The molecule has 3 nitrogen and oxygen atoms in total. The van der Waals surface area contributed by atoms with Crippen LogP contribution < -0.4 is 0 Å². The number of nitrogens with zero attached hydrogens (tertiary/aromatic N) is 3. The maximum atomic E-state index is 4.29. The first-order chi connectivity index (χ1) is 8.81. The SMILES string of the molecule is Cc1nccn1CCN(CCBr)C1CCCCC1. The molecule has 2 rings (SSSR count). The van der Waals surface area contributed by atoms with E-state index in [4.69, 9.17) is 0 Å². The lowest BCUT2D eigenvalue weighted by Crippen LogP contribution is -2.40. The molecule has 0 spiro atoms. The lowest BCUT2D eigenvalue weighted by molar-refractivity contribution is 0.159. The Bertz CT molecular complexity index is 345. The predicted molar refractivity (Wildman–Crippen MR) is 79.2 cm³/mol. The average molecular weight is 314 g/mol. The van der Waals surface area contributed by atoms with Gasteiger partial charge < -0.3 is 4.57 Å². The van der Waals surface area contributed by atoms with E-state index in [-0.39, 0.29) is 0 Å². The standard InChI is InChI=1S/C14H24BrN3/c1-13-16-8-10-17(13)11-12-18(9-7-15)14-5-3-2-4-6-14/h8,10,14H,2-7,9,11-12H2,1H3. The van der Waals surface area contributed by atoms with E-state index < -0.39 is 0 Å². The van der Waals surface area contributed by atoms with Gasteiger partial charge in [-0.25, -0.2) is 4.98 Å². The molecule has 1 aromatic heterocycles. The van der Waals surface area contributed by atoms with Crippen LogP contribution in [0.2, 0.25) is 0 Å². The molecule has 102 valence electrons. The second-order valence-corrected chi connectivity index (χ2v) is 5.98. The number of rotatable bonds is 6. The minimum Gasteiger partial charge on any atom is -0.334 e. The maximum Gasteiger partial charge on any atom is 0.105 e. The fourth-order valence-corrected chi connectivity index (χ4v) is 3.36. The van der Waals surface area contributed by atoms with Gasteiger partial charge in [-0.3, -0.25) is 4.90 Å². The van der Waals surface area contributed by atoms with Crippen molar-refractivity contribution in [2.45, 2.75) is 51.6 Å². The van der Waals surface area contributed by atoms with Crippen LogP contribution in [-0.2, 0) is 6.54 Å². The molecule has 0 N–H and O–H groups in total. The summed E-state index contributed by atoms with van der Waals surface area (Å²) in [5, 5.41) is 1.08. The summed E-state index contributed by atoms with van der Waals surface area (Å²) in [6.45, 7) is 5.46. The number of halogens is 1. The third-order valence-corrected chi connectivity index (χ3v) is 4.37. The van der Waals surface area contributed by atoms with Crippen molar-refractivity contribution >= 4 is 15.9 Å². The molecule has 0 aliphatic heterocycles. The number of hydrogen-bond acceptors (Lipinski definition) is 2. The van der Waals surface area contributed by atoms with Crippen LogP contribution in [0.15, 0.2) is 12.4 Å². The third-order valence-electron chi connectivity index (χ3n) is 4.01. The van der Waals surface area contributed by atoms with E-state index in [1.165, 1.54) is 38.6 Å². The molecule has 1 aliphatic rings. The lowest BCUT2D eigenvalue weighted by atomic mass is 9.94. The summed E-state index contributed by atoms with van der Waals surface area (Å²) in [5.74, 6) is 1.12. The van der Waals surface area contributed by atoms with Gasteiger partial charge in [0.1, 0.15) is 5.82 Å². The number of hydrogen-bond donors (Lipinski definition) is 0. The van der Waals surface area contributed by atoms with Gasteiger partial charge in [0.2, 0.25) is 0 Å². The van der Waals surface area contributed by atoms with Crippen LogP contribution >= 0.6 is 15.9 Å². The van der Waals surface area contributed by atoms with Gasteiger partial charge in [-0.1, -0.05) is 35.2 Å². The quantitative estimate of drug-likeness (QED) is 0.752. The number of aryl methyl sites for hydroxylation is 1. The zero-order chi connectivity index (χ0) is 12.8. The second-order valence-electron chi connectivity index (χ2n) is 5.18. The largest absolute Gasteiger partial charge is 0.334 e. The molecular formula is C14H24BrN3. The van der Waals surface area contributed by atoms with E-state index in [1.54, 1.807) is 0 Å². The molecular weight excluding hydrogens is 290 g/mol. The Morgan fingerprint density at radius 2 is 2.11 bits per heavy atom. The van der Waals surface area contributed by atoms with Crippen LogP contribution in [0.25, 0.3) is 0 Å². The van der Waals surface area contributed by atoms with E-state index in [0.29, 0.717) is 0 Å². The molecule has 0 radical (unpaired) electrons. The Hall–Kier alpha value is -0.350. The average Bonchev–Trinajstić information content (AvgIpc) is 2.81. The fourth-order valence-electron chi connectivity index (χ4n) is 2.91. The summed E-state index contributed by atoms with van der Waals surface area (Å²) < 4.78 is 2.25. The van der Waals surface area contributed by atoms with E-state index in [2.05, 4.69) is 43.5 Å². The van der Waals surface area contributed by atoms with E-state index in [9.17, 15) is 0 Å². The number of aromatic nitrogens is 2. The summed E-state index contributed by atoms with van der Waals surface area (Å²) in [4.78, 5) is 6.95. The molecule has 0 bridgehead atoms. The van der Waals surface area contributed by atoms with Gasteiger partial charge in [0.05, 0.1) is 0 Å². The second kappa shape index (κ2) is 7.29. The monoisotopic (exact) mass is 313 g/mol. The molecule has 0 unspecified atom stereocenters. The molecule has 0 amide bonds. The zero-order valence-corrected chi connectivity index (χ0v) is 12.9. The van der Waals surface area contributed by atoms with Gasteiger partial charge in [-0.05, 0) is 19.8 Å². The normalized spacial score (nSPS) is 17.5. The summed E-state index contributed by atoms with van der Waals surface area (Å²) in [5.41, 5.74) is 0. The highest BCUT2D eigenvalue weighted by Gasteiger charge is 2.20. The Morgan fingerprint density at radius 3 is 2.72 bits per heavy atom. The summed E-state index contributed by atoms with van der Waals surface area (Å²) in [6, 6.07) is 0.806. The van der Waals surface area contributed by atoms with Gasteiger partial charge in [-0.2, -0.15) is 0 Å². The van der Waals surface area contributed by atoms with Crippen LogP contribution in [0.1, 0.15) is 37.9 Å². The highest BCUT2D eigenvalue weighted by atomic mass is 79.9. The van der Waals surface area contributed by atoms with Crippen LogP contribution in [-0.4, -0.2) is 38.9 Å². The minimum atomic E-state index is 0.806. The molecule has 1 saturated carbocycles. The molecule has 1 aromatic rings. The molecule has 0 aromatic carbocycles. The van der Waals surface area contributed by atoms with Crippen LogP contribution in [0.3, 0.4) is 0 Å². The maximum absolute atomic E-state index is 4.29. The van der Waals surface area contributed by atoms with Crippen LogP contribution in [0, 0.1) is 6.92 Å². The van der Waals surface area contributed by atoms with E-state index in [0.717, 1.165) is 30.3 Å². The number of imidazole rings is 1. The first-order valence-corrected chi connectivity index (χ1v) is 8.21. The Morgan fingerprint density at radius 1 is 1.33 bits per heavy atom. The predicted octanol–water partition coefficient (Wildman–Crippen LogP) is 3.22. The first kappa shape index (κ1) is 14.1. The zero-order valence-electron chi connectivity index (χ0n) is 11.3. The van der Waals surface area contributed by atoms with Crippen molar-refractivity contribution in [1.82, 2.24) is 14.5 Å². The molecule has 0 atom stereocenters. The smallest absolute Gasteiger partial charge is 0.105 e. The molecule has 1 aliphatic carbocycles. The first-order valence-electron chi connectivity index (χ1n) is 7.09. The Labute approximate surface area is 119 Å². The van der Waals surface area contributed by atoms with Crippen molar-refractivity contribution in [2.24, 2.45) is 0 Å². The topological polar surface area (TPSA) is 21.1 Å². The lowest BCUT2D eigenvalue weighted by Gasteiger charge is -2.34. The van der Waals surface area contributed by atoms with Gasteiger partial charge in [0, 0.05) is 43.4 Å². The Balaban J connectivity index is 1.87. The van der Waals surface area contributed by atoms with Gasteiger partial charge >= 0.3 is 0 Å².